The maximum absolute atomic E-state index is 12.9. The van der Waals surface area contributed by atoms with Gasteiger partial charge in [0.2, 0.25) is 5.91 Å². The Bertz CT molecular complexity index is 768. The van der Waals surface area contributed by atoms with Crippen molar-refractivity contribution in [2.75, 3.05) is 5.32 Å². The summed E-state index contributed by atoms with van der Waals surface area (Å²) < 4.78 is 12.9. The lowest BCUT2D eigenvalue weighted by atomic mass is 10.1. The lowest BCUT2D eigenvalue weighted by molar-refractivity contribution is -0.115. The largest absolute Gasteiger partial charge is 0.365 e. The van der Waals surface area contributed by atoms with Crippen molar-refractivity contribution in [1.82, 2.24) is 0 Å². The Labute approximate surface area is 143 Å². The molecule has 4 nitrogen and oxygen atoms in total. The number of rotatable bonds is 4. The van der Waals surface area contributed by atoms with E-state index in [1.54, 1.807) is 12.1 Å². The molecule has 0 saturated carbocycles. The van der Waals surface area contributed by atoms with Gasteiger partial charge in [-0.15, -0.1) is 11.3 Å². The van der Waals surface area contributed by atoms with E-state index >= 15 is 0 Å². The third-order valence-electron chi connectivity index (χ3n) is 4.20. The van der Waals surface area contributed by atoms with E-state index in [0.717, 1.165) is 42.5 Å². The average molecular weight is 346 g/mol. The lowest BCUT2D eigenvalue weighted by Gasteiger charge is -2.06. The number of thiophene rings is 1. The van der Waals surface area contributed by atoms with Crippen molar-refractivity contribution in [3.63, 3.8) is 0 Å². The van der Waals surface area contributed by atoms with E-state index in [1.165, 1.54) is 23.5 Å². The van der Waals surface area contributed by atoms with Gasteiger partial charge in [0.15, 0.2) is 0 Å². The van der Waals surface area contributed by atoms with Crippen molar-refractivity contribution in [3.8, 4) is 0 Å². The summed E-state index contributed by atoms with van der Waals surface area (Å²) in [4.78, 5) is 25.3. The second-order valence-electron chi connectivity index (χ2n) is 5.98. The predicted molar refractivity (Wildman–Crippen MR) is 92.8 cm³/mol. The summed E-state index contributed by atoms with van der Waals surface area (Å²) in [7, 11) is 0. The fraction of sp³-hybridized carbons (Fsp3) is 0.333. The van der Waals surface area contributed by atoms with Crippen LogP contribution < -0.4 is 11.1 Å². The van der Waals surface area contributed by atoms with E-state index in [-0.39, 0.29) is 18.1 Å². The molecule has 0 unspecified atom stereocenters. The Hall–Kier alpha value is -2.21. The molecule has 1 aliphatic rings. The van der Waals surface area contributed by atoms with Crippen LogP contribution in [0.2, 0.25) is 0 Å². The number of anilines is 1. The number of fused-ring (bicyclic) bond motifs is 1. The molecule has 0 atom stereocenters. The fourth-order valence-corrected chi connectivity index (χ4v) is 4.36. The van der Waals surface area contributed by atoms with Gasteiger partial charge in [-0.1, -0.05) is 18.6 Å². The first-order valence-electron chi connectivity index (χ1n) is 8.03. The van der Waals surface area contributed by atoms with Gasteiger partial charge < -0.3 is 11.1 Å². The van der Waals surface area contributed by atoms with E-state index < -0.39 is 5.91 Å². The van der Waals surface area contributed by atoms with Crippen LogP contribution in [-0.4, -0.2) is 11.8 Å². The summed E-state index contributed by atoms with van der Waals surface area (Å²) in [5, 5.41) is 3.36. The highest BCUT2D eigenvalue weighted by atomic mass is 32.1. The molecule has 0 fully saturated rings. The van der Waals surface area contributed by atoms with Gasteiger partial charge in [-0.3, -0.25) is 9.59 Å². The zero-order valence-electron chi connectivity index (χ0n) is 13.2. The van der Waals surface area contributed by atoms with Gasteiger partial charge in [0.25, 0.3) is 5.91 Å². The zero-order valence-corrected chi connectivity index (χ0v) is 14.0. The Morgan fingerprint density at radius 1 is 1.12 bits per heavy atom. The summed E-state index contributed by atoms with van der Waals surface area (Å²) in [6, 6.07) is 5.80. The second-order valence-corrected chi connectivity index (χ2v) is 7.09. The normalized spacial score (nSPS) is 13.9. The summed E-state index contributed by atoms with van der Waals surface area (Å²) in [6.07, 6.45) is 5.15. The summed E-state index contributed by atoms with van der Waals surface area (Å²) in [5.74, 6) is -1.07. The third kappa shape index (κ3) is 3.64. The Morgan fingerprint density at radius 2 is 1.83 bits per heavy atom. The lowest BCUT2D eigenvalue weighted by Crippen LogP contribution is -2.19. The molecule has 0 spiro atoms. The van der Waals surface area contributed by atoms with Gasteiger partial charge in [0.05, 0.1) is 12.0 Å². The van der Waals surface area contributed by atoms with Gasteiger partial charge >= 0.3 is 0 Å². The minimum Gasteiger partial charge on any atom is -0.365 e. The van der Waals surface area contributed by atoms with Crippen LogP contribution in [0.5, 0.6) is 0 Å². The highest BCUT2D eigenvalue weighted by Crippen LogP contribution is 2.37. The second kappa shape index (κ2) is 7.13. The van der Waals surface area contributed by atoms with Crippen LogP contribution in [0.4, 0.5) is 9.39 Å². The molecule has 1 aromatic carbocycles. The van der Waals surface area contributed by atoms with Crippen LogP contribution in [0, 0.1) is 5.82 Å². The minimum absolute atomic E-state index is 0.126. The van der Waals surface area contributed by atoms with Gasteiger partial charge in [0, 0.05) is 4.88 Å². The standard InChI is InChI=1S/C18H19FN2O2S/c19-12-8-6-11(7-9-12)10-15(22)21-18-16(17(20)23)13-4-2-1-3-5-14(13)24-18/h6-9H,1-5,10H2,(H2,20,23)(H,21,22). The van der Waals surface area contributed by atoms with E-state index in [1.807, 2.05) is 0 Å². The smallest absolute Gasteiger partial charge is 0.251 e. The number of carbonyl (C=O) groups is 2. The first-order valence-corrected chi connectivity index (χ1v) is 8.85. The number of amides is 2. The highest BCUT2D eigenvalue weighted by molar-refractivity contribution is 7.17. The molecular formula is C18H19FN2O2S. The zero-order chi connectivity index (χ0) is 17.1. The topological polar surface area (TPSA) is 72.2 Å². The van der Waals surface area contributed by atoms with Crippen LogP contribution in [-0.2, 0) is 24.1 Å². The molecule has 3 rings (SSSR count). The van der Waals surface area contributed by atoms with Crippen LogP contribution in [0.3, 0.4) is 0 Å². The van der Waals surface area contributed by atoms with Gasteiger partial charge in [-0.2, -0.15) is 0 Å². The van der Waals surface area contributed by atoms with E-state index in [9.17, 15) is 14.0 Å². The number of benzene rings is 1. The number of hydrogen-bond acceptors (Lipinski definition) is 3. The summed E-state index contributed by atoms with van der Waals surface area (Å²) >= 11 is 1.45. The minimum atomic E-state index is -0.494. The average Bonchev–Trinajstić information content (AvgIpc) is 2.71. The van der Waals surface area contributed by atoms with Crippen molar-refractivity contribution in [1.29, 1.82) is 0 Å². The molecule has 2 aromatic rings. The molecule has 1 aliphatic carbocycles. The predicted octanol–water partition coefficient (Wildman–Crippen LogP) is 3.44. The monoisotopic (exact) mass is 346 g/mol. The van der Waals surface area contributed by atoms with Gasteiger partial charge in [-0.05, 0) is 48.9 Å². The number of carbonyl (C=O) groups excluding carboxylic acids is 2. The fourth-order valence-electron chi connectivity index (χ4n) is 3.05. The van der Waals surface area contributed by atoms with Crippen LogP contribution in [0.1, 0.15) is 45.6 Å². The van der Waals surface area contributed by atoms with Crippen LogP contribution in [0.25, 0.3) is 0 Å². The molecule has 24 heavy (non-hydrogen) atoms. The van der Waals surface area contributed by atoms with Gasteiger partial charge in [0.1, 0.15) is 10.8 Å². The Morgan fingerprint density at radius 3 is 2.54 bits per heavy atom. The summed E-state index contributed by atoms with van der Waals surface area (Å²) in [6.45, 7) is 0. The molecular weight excluding hydrogens is 327 g/mol. The van der Waals surface area contributed by atoms with E-state index in [4.69, 9.17) is 5.73 Å². The Balaban J connectivity index is 1.80. The first-order chi connectivity index (χ1) is 11.5. The number of nitrogens with two attached hydrogens (primary N) is 1. The molecule has 0 bridgehead atoms. The van der Waals surface area contributed by atoms with E-state index in [2.05, 4.69) is 5.32 Å². The quantitative estimate of drug-likeness (QED) is 0.833. The number of halogens is 1. The molecule has 2 amide bonds. The molecule has 3 N–H and O–H groups in total. The van der Waals surface area contributed by atoms with E-state index in [0.29, 0.717) is 16.1 Å². The number of primary amides is 1. The van der Waals surface area contributed by atoms with Crippen LogP contribution >= 0.6 is 11.3 Å². The molecule has 1 aromatic heterocycles. The van der Waals surface area contributed by atoms with Crippen molar-refractivity contribution < 1.29 is 14.0 Å². The van der Waals surface area contributed by atoms with Crippen molar-refractivity contribution >= 4 is 28.2 Å². The molecule has 126 valence electrons. The SMILES string of the molecule is NC(=O)c1c(NC(=O)Cc2ccc(F)cc2)sc2c1CCCCC2. The number of hydrogen-bond donors (Lipinski definition) is 2. The Kier molecular flexibility index (Phi) is 4.94. The maximum Gasteiger partial charge on any atom is 0.251 e. The van der Waals surface area contributed by atoms with Gasteiger partial charge in [-0.25, -0.2) is 4.39 Å². The highest BCUT2D eigenvalue weighted by Gasteiger charge is 2.24. The molecule has 0 radical (unpaired) electrons. The maximum atomic E-state index is 12.9. The number of aryl methyl sites for hydroxylation is 1. The van der Waals surface area contributed by atoms with Crippen molar-refractivity contribution in [2.24, 2.45) is 5.73 Å². The van der Waals surface area contributed by atoms with Crippen molar-refractivity contribution in [2.45, 2.75) is 38.5 Å². The van der Waals surface area contributed by atoms with Crippen molar-refractivity contribution in [3.05, 3.63) is 51.7 Å². The third-order valence-corrected chi connectivity index (χ3v) is 5.41. The summed E-state index contributed by atoms with van der Waals surface area (Å²) in [5.41, 5.74) is 7.73. The molecule has 0 saturated heterocycles. The van der Waals surface area contributed by atoms with Crippen LogP contribution in [0.15, 0.2) is 24.3 Å². The molecule has 0 aliphatic heterocycles. The molecule has 1 heterocycles. The molecule has 6 heteroatoms. The number of nitrogens with one attached hydrogen (secondary N) is 1. The first kappa shape index (κ1) is 16.6.